The molecule has 0 amide bonds. The Hall–Kier alpha value is -1.58. The first-order chi connectivity index (χ1) is 10.3. The van der Waals surface area contributed by atoms with Gasteiger partial charge in [-0.2, -0.15) is 0 Å². The Morgan fingerprint density at radius 1 is 0.810 bits per heavy atom. The second-order valence-electron chi connectivity index (χ2n) is 6.37. The highest BCUT2D eigenvalue weighted by Crippen LogP contribution is 2.42. The van der Waals surface area contributed by atoms with Crippen LogP contribution in [0.3, 0.4) is 0 Å². The molecule has 2 N–H and O–H groups in total. The zero-order valence-corrected chi connectivity index (χ0v) is 13.1. The molecule has 1 aromatic carbocycles. The maximum atomic E-state index is 5.41. The van der Waals surface area contributed by atoms with Gasteiger partial charge in [-0.15, -0.1) is 0 Å². The van der Waals surface area contributed by atoms with E-state index in [4.69, 9.17) is 9.47 Å². The number of methoxy groups -OCH3 is 2. The van der Waals surface area contributed by atoms with Crippen LogP contribution >= 0.6 is 0 Å². The summed E-state index contributed by atoms with van der Waals surface area (Å²) < 4.78 is 10.8. The van der Waals surface area contributed by atoms with Crippen molar-refractivity contribution in [2.24, 2.45) is 5.41 Å². The van der Waals surface area contributed by atoms with Crippen LogP contribution in [-0.4, -0.2) is 27.3 Å². The normalized spacial score (nSPS) is 20.5. The Morgan fingerprint density at radius 2 is 1.29 bits per heavy atom. The lowest BCUT2D eigenvalue weighted by Crippen LogP contribution is -2.34. The first kappa shape index (κ1) is 14.4. The van der Waals surface area contributed by atoms with E-state index in [0.717, 1.165) is 36.0 Å². The Kier molecular flexibility index (Phi) is 4.13. The Labute approximate surface area is 127 Å². The summed E-state index contributed by atoms with van der Waals surface area (Å²) in [6.45, 7) is 2.09. The van der Waals surface area contributed by atoms with Crippen LogP contribution in [0.2, 0.25) is 0 Å². The highest BCUT2D eigenvalue weighted by molar-refractivity contribution is 5.75. The van der Waals surface area contributed by atoms with E-state index in [1.165, 1.54) is 38.5 Å². The van der Waals surface area contributed by atoms with E-state index in [0.29, 0.717) is 5.41 Å². The quantitative estimate of drug-likeness (QED) is 0.867. The maximum absolute atomic E-state index is 5.41. The summed E-state index contributed by atoms with van der Waals surface area (Å²) in [5.41, 5.74) is 2.62. The molecule has 1 saturated carbocycles. The van der Waals surface area contributed by atoms with Crippen molar-refractivity contribution < 1.29 is 9.47 Å². The minimum absolute atomic E-state index is 0.385. The van der Waals surface area contributed by atoms with Crippen LogP contribution in [0.1, 0.15) is 38.5 Å². The van der Waals surface area contributed by atoms with E-state index < -0.39 is 0 Å². The Morgan fingerprint density at radius 3 is 1.71 bits per heavy atom. The predicted molar refractivity (Wildman–Crippen MR) is 86.7 cm³/mol. The molecule has 0 unspecified atom stereocenters. The topological polar surface area (TPSA) is 42.5 Å². The van der Waals surface area contributed by atoms with Gasteiger partial charge >= 0.3 is 0 Å². The number of nitrogens with one attached hydrogen (secondary N) is 2. The smallest absolute Gasteiger partial charge is 0.162 e. The number of hydrogen-bond acceptors (Lipinski definition) is 4. The minimum Gasteiger partial charge on any atom is -0.493 e. The van der Waals surface area contributed by atoms with Gasteiger partial charge in [0.1, 0.15) is 0 Å². The maximum Gasteiger partial charge on any atom is 0.162 e. The molecule has 1 aromatic rings. The standard InChI is InChI=1S/C17H26N2O2/c1-20-15-9-13-14(10-16(15)21-2)19-12-17(11-18-13)7-5-3-4-6-8-17/h9-10,18-19H,3-8,11-12H2,1-2H3. The van der Waals surface area contributed by atoms with Crippen molar-refractivity contribution in [3.63, 3.8) is 0 Å². The Bertz CT molecular complexity index is 457. The molecule has 1 aliphatic heterocycles. The third-order valence-corrected chi connectivity index (χ3v) is 5.00. The number of anilines is 2. The molecule has 4 heteroatoms. The van der Waals surface area contributed by atoms with Gasteiger partial charge < -0.3 is 20.1 Å². The monoisotopic (exact) mass is 290 g/mol. The third kappa shape index (κ3) is 2.89. The lowest BCUT2D eigenvalue weighted by atomic mass is 9.80. The highest BCUT2D eigenvalue weighted by atomic mass is 16.5. The second kappa shape index (κ2) is 6.04. The van der Waals surface area contributed by atoms with Crippen LogP contribution in [0.5, 0.6) is 11.5 Å². The molecule has 0 aromatic heterocycles. The van der Waals surface area contributed by atoms with Crippen LogP contribution in [-0.2, 0) is 0 Å². The summed E-state index contributed by atoms with van der Waals surface area (Å²) in [6.07, 6.45) is 8.11. The van der Waals surface area contributed by atoms with Crippen molar-refractivity contribution in [2.45, 2.75) is 38.5 Å². The van der Waals surface area contributed by atoms with Gasteiger partial charge in [-0.25, -0.2) is 0 Å². The van der Waals surface area contributed by atoms with E-state index >= 15 is 0 Å². The van der Waals surface area contributed by atoms with Crippen LogP contribution in [0.4, 0.5) is 11.4 Å². The molecule has 21 heavy (non-hydrogen) atoms. The van der Waals surface area contributed by atoms with Gasteiger partial charge in [0.25, 0.3) is 0 Å². The fourth-order valence-corrected chi connectivity index (χ4v) is 3.63. The largest absolute Gasteiger partial charge is 0.493 e. The third-order valence-electron chi connectivity index (χ3n) is 5.00. The van der Waals surface area contributed by atoms with E-state index in [9.17, 15) is 0 Å². The summed E-state index contributed by atoms with van der Waals surface area (Å²) in [5.74, 6) is 1.56. The molecule has 0 bridgehead atoms. The van der Waals surface area contributed by atoms with Crippen molar-refractivity contribution in [2.75, 3.05) is 37.9 Å². The van der Waals surface area contributed by atoms with Crippen LogP contribution < -0.4 is 20.1 Å². The Balaban J connectivity index is 1.85. The zero-order chi connectivity index (χ0) is 14.7. The number of fused-ring (bicyclic) bond motifs is 1. The molecule has 0 atom stereocenters. The molecule has 1 heterocycles. The molecular weight excluding hydrogens is 264 g/mol. The molecule has 1 spiro atoms. The first-order valence-corrected chi connectivity index (χ1v) is 8.00. The van der Waals surface area contributed by atoms with Gasteiger partial charge in [0.2, 0.25) is 0 Å². The fraction of sp³-hybridized carbons (Fsp3) is 0.647. The molecular formula is C17H26N2O2. The predicted octanol–water partition coefficient (Wildman–Crippen LogP) is 3.88. The van der Waals surface area contributed by atoms with E-state index in [-0.39, 0.29) is 0 Å². The molecule has 2 aliphatic rings. The summed E-state index contributed by atoms with van der Waals surface area (Å²) >= 11 is 0. The van der Waals surface area contributed by atoms with Crippen LogP contribution in [0, 0.1) is 5.41 Å². The number of rotatable bonds is 2. The average molecular weight is 290 g/mol. The SMILES string of the molecule is COc1cc2c(cc1OC)NCC1(CCCCCC1)CN2. The number of benzene rings is 1. The van der Waals surface area contributed by atoms with Gasteiger partial charge in [0, 0.05) is 30.6 Å². The molecule has 0 radical (unpaired) electrons. The van der Waals surface area contributed by atoms with Crippen LogP contribution in [0.15, 0.2) is 12.1 Å². The molecule has 0 saturated heterocycles. The van der Waals surface area contributed by atoms with Crippen LogP contribution in [0.25, 0.3) is 0 Å². The van der Waals surface area contributed by atoms with Gasteiger partial charge in [0.05, 0.1) is 25.6 Å². The minimum atomic E-state index is 0.385. The van der Waals surface area contributed by atoms with Gasteiger partial charge in [-0.1, -0.05) is 25.7 Å². The molecule has 3 rings (SSSR count). The fourth-order valence-electron chi connectivity index (χ4n) is 3.63. The number of ether oxygens (including phenoxy) is 2. The van der Waals surface area contributed by atoms with E-state index in [2.05, 4.69) is 10.6 Å². The molecule has 1 fully saturated rings. The van der Waals surface area contributed by atoms with E-state index in [1.807, 2.05) is 12.1 Å². The second-order valence-corrected chi connectivity index (χ2v) is 6.37. The van der Waals surface area contributed by atoms with Crippen molar-refractivity contribution in [3.8, 4) is 11.5 Å². The van der Waals surface area contributed by atoms with Crippen molar-refractivity contribution in [1.29, 1.82) is 0 Å². The lowest BCUT2D eigenvalue weighted by Gasteiger charge is -2.31. The molecule has 116 valence electrons. The van der Waals surface area contributed by atoms with Gasteiger partial charge in [-0.05, 0) is 12.8 Å². The summed E-state index contributed by atoms with van der Waals surface area (Å²) in [4.78, 5) is 0. The van der Waals surface area contributed by atoms with Gasteiger partial charge in [-0.3, -0.25) is 0 Å². The van der Waals surface area contributed by atoms with E-state index in [1.54, 1.807) is 14.2 Å². The van der Waals surface area contributed by atoms with Crippen molar-refractivity contribution in [3.05, 3.63) is 12.1 Å². The van der Waals surface area contributed by atoms with Crippen molar-refractivity contribution >= 4 is 11.4 Å². The number of hydrogen-bond donors (Lipinski definition) is 2. The lowest BCUT2D eigenvalue weighted by molar-refractivity contribution is 0.286. The summed E-state index contributed by atoms with van der Waals surface area (Å²) in [7, 11) is 3.36. The summed E-state index contributed by atoms with van der Waals surface area (Å²) in [6, 6.07) is 4.08. The average Bonchev–Trinajstić information content (AvgIpc) is 2.85. The first-order valence-electron chi connectivity index (χ1n) is 8.00. The highest BCUT2D eigenvalue weighted by Gasteiger charge is 2.33. The van der Waals surface area contributed by atoms with Crippen molar-refractivity contribution in [1.82, 2.24) is 0 Å². The van der Waals surface area contributed by atoms with Gasteiger partial charge in [0.15, 0.2) is 11.5 Å². The zero-order valence-electron chi connectivity index (χ0n) is 13.1. The molecule has 4 nitrogen and oxygen atoms in total. The summed E-state index contributed by atoms with van der Waals surface area (Å²) in [5, 5.41) is 7.28. The molecule has 1 aliphatic carbocycles.